The Kier molecular flexibility index (Phi) is 4.05. The van der Waals surface area contributed by atoms with E-state index in [4.69, 9.17) is 5.26 Å². The molecule has 1 heterocycles. The molecule has 0 saturated carbocycles. The Morgan fingerprint density at radius 1 is 1.38 bits per heavy atom. The van der Waals surface area contributed by atoms with Gasteiger partial charge in [-0.1, -0.05) is 22.9 Å². The molecule has 0 N–H and O–H groups in total. The Labute approximate surface area is 122 Å². The van der Waals surface area contributed by atoms with E-state index >= 15 is 0 Å². The molecule has 1 aromatic carbocycles. The first-order valence-corrected chi connectivity index (χ1v) is 7.30. The van der Waals surface area contributed by atoms with Gasteiger partial charge < -0.3 is 0 Å². The van der Waals surface area contributed by atoms with Crippen LogP contribution in [0.3, 0.4) is 0 Å². The van der Waals surface area contributed by atoms with Gasteiger partial charge in [0.25, 0.3) is 0 Å². The predicted octanol–water partition coefficient (Wildman–Crippen LogP) is 1.36. The number of rotatable bonds is 4. The Morgan fingerprint density at radius 2 is 2.05 bits per heavy atom. The van der Waals surface area contributed by atoms with Gasteiger partial charge in [0.15, 0.2) is 5.71 Å². The van der Waals surface area contributed by atoms with E-state index in [2.05, 4.69) is 14.5 Å². The van der Waals surface area contributed by atoms with E-state index in [0.29, 0.717) is 5.56 Å². The monoisotopic (exact) mass is 304 g/mol. The third-order valence-corrected chi connectivity index (χ3v) is 3.74. The lowest BCUT2D eigenvalue weighted by Gasteiger charge is -2.02. The SMILES string of the molecule is Cc1ccc(S(=O)(=O)O/N=C(\C#N)c2cnn(C)c2)cc1. The minimum absolute atomic E-state index is 0.0275. The van der Waals surface area contributed by atoms with Gasteiger partial charge >= 0.3 is 10.1 Å². The second-order valence-corrected chi connectivity index (χ2v) is 5.82. The molecule has 21 heavy (non-hydrogen) atoms. The normalized spacial score (nSPS) is 12.0. The van der Waals surface area contributed by atoms with Crippen LogP contribution < -0.4 is 0 Å². The van der Waals surface area contributed by atoms with E-state index in [1.165, 1.54) is 29.2 Å². The number of aromatic nitrogens is 2. The zero-order valence-corrected chi connectivity index (χ0v) is 12.2. The van der Waals surface area contributed by atoms with Gasteiger partial charge in [0.1, 0.15) is 11.0 Å². The molecule has 0 unspecified atom stereocenters. The minimum atomic E-state index is -4.05. The maximum Gasteiger partial charge on any atom is 0.358 e. The first-order valence-electron chi connectivity index (χ1n) is 5.90. The molecule has 0 fully saturated rings. The molecule has 7 nitrogen and oxygen atoms in total. The fraction of sp³-hybridized carbons (Fsp3) is 0.154. The van der Waals surface area contributed by atoms with Crippen LogP contribution >= 0.6 is 0 Å². The quantitative estimate of drug-likeness (QED) is 0.627. The summed E-state index contributed by atoms with van der Waals surface area (Å²) in [5.74, 6) is 0. The molecule has 2 aromatic rings. The van der Waals surface area contributed by atoms with Crippen LogP contribution in [0.15, 0.2) is 46.7 Å². The van der Waals surface area contributed by atoms with Crippen LogP contribution in [0.2, 0.25) is 0 Å². The molecule has 0 spiro atoms. The Balaban J connectivity index is 2.26. The highest BCUT2D eigenvalue weighted by Gasteiger charge is 2.16. The Hall–Kier alpha value is -2.66. The molecule has 0 amide bonds. The molecular formula is C13H12N4O3S. The van der Waals surface area contributed by atoms with Crippen LogP contribution in [0.1, 0.15) is 11.1 Å². The van der Waals surface area contributed by atoms with Crippen molar-refractivity contribution >= 4 is 15.8 Å². The Morgan fingerprint density at radius 3 is 2.57 bits per heavy atom. The molecular weight excluding hydrogens is 292 g/mol. The van der Waals surface area contributed by atoms with Crippen molar-refractivity contribution in [2.45, 2.75) is 11.8 Å². The van der Waals surface area contributed by atoms with Crippen molar-refractivity contribution in [1.29, 1.82) is 5.26 Å². The predicted molar refractivity (Wildman–Crippen MR) is 74.8 cm³/mol. The molecule has 0 saturated heterocycles. The summed E-state index contributed by atoms with van der Waals surface area (Å²) in [6.45, 7) is 1.84. The van der Waals surface area contributed by atoms with Crippen molar-refractivity contribution in [2.24, 2.45) is 12.2 Å². The van der Waals surface area contributed by atoms with Crippen LogP contribution in [-0.2, 0) is 21.4 Å². The highest BCUT2D eigenvalue weighted by atomic mass is 32.2. The van der Waals surface area contributed by atoms with E-state index in [1.807, 2.05) is 6.92 Å². The summed E-state index contributed by atoms with van der Waals surface area (Å²) < 4.78 is 29.9. The fourth-order valence-electron chi connectivity index (χ4n) is 1.52. The second kappa shape index (κ2) is 5.76. The summed E-state index contributed by atoms with van der Waals surface area (Å²) >= 11 is 0. The lowest BCUT2D eigenvalue weighted by Crippen LogP contribution is -2.05. The summed E-state index contributed by atoms with van der Waals surface area (Å²) in [4.78, 5) is -0.0275. The van der Waals surface area contributed by atoms with E-state index < -0.39 is 10.1 Å². The van der Waals surface area contributed by atoms with Gasteiger partial charge in [-0.05, 0) is 19.1 Å². The molecule has 0 aliphatic carbocycles. The van der Waals surface area contributed by atoms with E-state index in [0.717, 1.165) is 5.56 Å². The lowest BCUT2D eigenvalue weighted by molar-refractivity contribution is 0.339. The number of oxime groups is 1. The third kappa shape index (κ3) is 3.46. The van der Waals surface area contributed by atoms with Gasteiger partial charge in [-0.25, -0.2) is 0 Å². The van der Waals surface area contributed by atoms with E-state index in [1.54, 1.807) is 25.2 Å². The first kappa shape index (κ1) is 14.7. The molecule has 0 bridgehead atoms. The summed E-state index contributed by atoms with van der Waals surface area (Å²) in [6.07, 6.45) is 2.92. The molecule has 108 valence electrons. The number of benzene rings is 1. The van der Waals surface area contributed by atoms with Crippen molar-refractivity contribution in [3.8, 4) is 6.07 Å². The van der Waals surface area contributed by atoms with Gasteiger partial charge in [-0.3, -0.25) is 8.97 Å². The van der Waals surface area contributed by atoms with Crippen molar-refractivity contribution < 1.29 is 12.7 Å². The maximum atomic E-state index is 11.9. The van der Waals surface area contributed by atoms with Crippen molar-refractivity contribution in [3.05, 3.63) is 47.8 Å². The molecule has 0 atom stereocenters. The van der Waals surface area contributed by atoms with Crippen molar-refractivity contribution in [1.82, 2.24) is 9.78 Å². The third-order valence-electron chi connectivity index (χ3n) is 2.62. The number of nitriles is 1. The fourth-order valence-corrected chi connectivity index (χ4v) is 2.24. The number of hydrogen-bond donors (Lipinski definition) is 0. The topological polar surface area (TPSA) is 97.3 Å². The molecule has 2 rings (SSSR count). The Bertz CT molecular complexity index is 814. The molecule has 0 aliphatic rings. The largest absolute Gasteiger partial charge is 0.358 e. The van der Waals surface area contributed by atoms with Crippen molar-refractivity contribution in [3.63, 3.8) is 0 Å². The number of hydrogen-bond acceptors (Lipinski definition) is 6. The molecule has 0 radical (unpaired) electrons. The van der Waals surface area contributed by atoms with Gasteiger partial charge in [0, 0.05) is 13.2 Å². The lowest BCUT2D eigenvalue weighted by atomic mass is 10.2. The van der Waals surface area contributed by atoms with Gasteiger partial charge in [-0.2, -0.15) is 18.8 Å². The highest BCUT2D eigenvalue weighted by Crippen LogP contribution is 2.14. The molecule has 1 aromatic heterocycles. The van der Waals surface area contributed by atoms with Gasteiger partial charge in [-0.15, -0.1) is 0 Å². The minimum Gasteiger partial charge on any atom is -0.275 e. The van der Waals surface area contributed by atoms with Gasteiger partial charge in [0.05, 0.1) is 11.8 Å². The van der Waals surface area contributed by atoms with Crippen LogP contribution in [0.5, 0.6) is 0 Å². The molecule has 8 heteroatoms. The van der Waals surface area contributed by atoms with Gasteiger partial charge in [0.2, 0.25) is 0 Å². The number of nitrogens with zero attached hydrogens (tertiary/aromatic N) is 4. The summed E-state index contributed by atoms with van der Waals surface area (Å²) in [7, 11) is -2.38. The average molecular weight is 304 g/mol. The smallest absolute Gasteiger partial charge is 0.275 e. The summed E-state index contributed by atoms with van der Waals surface area (Å²) in [6, 6.07) is 7.89. The summed E-state index contributed by atoms with van der Waals surface area (Å²) in [5, 5.41) is 16.3. The van der Waals surface area contributed by atoms with E-state index in [9.17, 15) is 8.42 Å². The van der Waals surface area contributed by atoms with Crippen LogP contribution in [0.25, 0.3) is 0 Å². The van der Waals surface area contributed by atoms with Crippen LogP contribution in [0, 0.1) is 18.3 Å². The average Bonchev–Trinajstić information content (AvgIpc) is 2.86. The summed E-state index contributed by atoms with van der Waals surface area (Å²) in [5.41, 5.74) is 1.13. The van der Waals surface area contributed by atoms with Crippen LogP contribution in [0.4, 0.5) is 0 Å². The maximum absolute atomic E-state index is 11.9. The van der Waals surface area contributed by atoms with Crippen LogP contribution in [-0.4, -0.2) is 23.9 Å². The zero-order valence-electron chi connectivity index (χ0n) is 11.4. The molecule has 0 aliphatic heterocycles. The van der Waals surface area contributed by atoms with Crippen molar-refractivity contribution in [2.75, 3.05) is 0 Å². The number of aryl methyl sites for hydroxylation is 2. The van der Waals surface area contributed by atoms with E-state index in [-0.39, 0.29) is 10.6 Å². The second-order valence-electron chi connectivity index (χ2n) is 4.30. The standard InChI is InChI=1S/C13H12N4O3S/c1-10-3-5-12(6-4-10)21(18,19)20-16-13(7-14)11-8-15-17(2)9-11/h3-6,8-9H,1-2H3/b16-13+. The highest BCUT2D eigenvalue weighted by molar-refractivity contribution is 7.86. The zero-order chi connectivity index (χ0) is 15.5. The first-order chi connectivity index (χ1) is 9.92.